The van der Waals surface area contributed by atoms with Gasteiger partial charge < -0.3 is 10.1 Å². The van der Waals surface area contributed by atoms with Gasteiger partial charge in [0, 0.05) is 11.8 Å². The van der Waals surface area contributed by atoms with Gasteiger partial charge >= 0.3 is 5.69 Å². The molecule has 0 unspecified atom stereocenters. The largest absolute Gasteiger partial charge is 0.494 e. The zero-order chi connectivity index (χ0) is 19.4. The molecule has 3 aromatic rings. The lowest BCUT2D eigenvalue weighted by atomic mass is 10.2. The average molecular weight is 407 g/mol. The number of rotatable bonds is 7. The highest BCUT2D eigenvalue weighted by Crippen LogP contribution is 2.32. The van der Waals surface area contributed by atoms with Crippen molar-refractivity contribution in [3.8, 4) is 5.75 Å². The maximum atomic E-state index is 13.3. The molecule has 10 heteroatoms. The van der Waals surface area contributed by atoms with Crippen molar-refractivity contribution in [3.05, 3.63) is 52.3 Å². The maximum absolute atomic E-state index is 13.3. The molecule has 1 aromatic heterocycles. The standard InChI is InChI=1S/C17H14FN3O4S2/c1-2-25-11-4-6-13-15(8-11)27-17(20-13)26-9-16(22)19-10-3-5-12(18)14(7-10)21(23)24/h3-8H,2,9H2,1H3,(H,19,22). The van der Waals surface area contributed by atoms with Crippen LogP contribution in [0, 0.1) is 15.9 Å². The van der Waals surface area contributed by atoms with Crippen molar-refractivity contribution >= 4 is 50.6 Å². The third-order valence-corrected chi connectivity index (χ3v) is 5.57. The van der Waals surface area contributed by atoms with Gasteiger partial charge in [-0.1, -0.05) is 11.8 Å². The average Bonchev–Trinajstić information content (AvgIpc) is 3.04. The number of thioether (sulfide) groups is 1. The smallest absolute Gasteiger partial charge is 0.306 e. The number of hydrogen-bond acceptors (Lipinski definition) is 7. The summed E-state index contributed by atoms with van der Waals surface area (Å²) in [6.45, 7) is 2.49. The van der Waals surface area contributed by atoms with Crippen molar-refractivity contribution < 1.29 is 18.8 Å². The van der Waals surface area contributed by atoms with Crippen LogP contribution in [0.15, 0.2) is 40.7 Å². The molecule has 1 amide bonds. The van der Waals surface area contributed by atoms with Crippen LogP contribution in [0.2, 0.25) is 0 Å². The first-order chi connectivity index (χ1) is 13.0. The quantitative estimate of drug-likeness (QED) is 0.353. The highest BCUT2D eigenvalue weighted by molar-refractivity contribution is 8.01. The Labute approximate surface area is 161 Å². The van der Waals surface area contributed by atoms with Crippen LogP contribution in [0.3, 0.4) is 0 Å². The zero-order valence-electron chi connectivity index (χ0n) is 14.1. The normalized spacial score (nSPS) is 10.7. The minimum Gasteiger partial charge on any atom is -0.494 e. The Morgan fingerprint density at radius 3 is 2.93 bits per heavy atom. The number of nitro benzene ring substituents is 1. The van der Waals surface area contributed by atoms with Crippen LogP contribution in [0.5, 0.6) is 5.75 Å². The van der Waals surface area contributed by atoms with E-state index in [1.807, 2.05) is 25.1 Å². The van der Waals surface area contributed by atoms with Gasteiger partial charge in [0.1, 0.15) is 5.75 Å². The fourth-order valence-electron chi connectivity index (χ4n) is 2.26. The number of amides is 1. The molecule has 2 aromatic carbocycles. The summed E-state index contributed by atoms with van der Waals surface area (Å²) in [6, 6.07) is 8.82. The number of hydrogen-bond donors (Lipinski definition) is 1. The number of ether oxygens (including phenoxy) is 1. The van der Waals surface area contributed by atoms with Gasteiger partial charge in [0.2, 0.25) is 11.7 Å². The lowest BCUT2D eigenvalue weighted by Crippen LogP contribution is -2.14. The van der Waals surface area contributed by atoms with Crippen molar-refractivity contribution in [2.24, 2.45) is 0 Å². The summed E-state index contributed by atoms with van der Waals surface area (Å²) in [7, 11) is 0. The molecule has 0 radical (unpaired) electrons. The maximum Gasteiger partial charge on any atom is 0.306 e. The monoisotopic (exact) mass is 407 g/mol. The molecule has 0 aliphatic carbocycles. The number of anilines is 1. The van der Waals surface area contributed by atoms with Crippen LogP contribution in [-0.4, -0.2) is 28.2 Å². The van der Waals surface area contributed by atoms with E-state index in [-0.39, 0.29) is 17.3 Å². The van der Waals surface area contributed by atoms with Crippen molar-refractivity contribution in [2.75, 3.05) is 17.7 Å². The first-order valence-corrected chi connectivity index (χ1v) is 9.66. The molecule has 7 nitrogen and oxygen atoms in total. The highest BCUT2D eigenvalue weighted by atomic mass is 32.2. The first kappa shape index (κ1) is 19.1. The molecule has 27 heavy (non-hydrogen) atoms. The third kappa shape index (κ3) is 4.72. The second kappa shape index (κ2) is 8.31. The van der Waals surface area contributed by atoms with E-state index >= 15 is 0 Å². The highest BCUT2D eigenvalue weighted by Gasteiger charge is 2.16. The molecule has 0 saturated heterocycles. The number of aromatic nitrogens is 1. The minimum absolute atomic E-state index is 0.0727. The number of thiazole rings is 1. The summed E-state index contributed by atoms with van der Waals surface area (Å²) in [4.78, 5) is 26.4. The Morgan fingerprint density at radius 1 is 1.37 bits per heavy atom. The van der Waals surface area contributed by atoms with Gasteiger partial charge in [-0.05, 0) is 37.3 Å². The van der Waals surface area contributed by atoms with E-state index in [9.17, 15) is 19.3 Å². The molecule has 0 atom stereocenters. The summed E-state index contributed by atoms with van der Waals surface area (Å²) in [5.74, 6) is -0.479. The van der Waals surface area contributed by atoms with Gasteiger partial charge in [-0.3, -0.25) is 14.9 Å². The fraction of sp³-hybridized carbons (Fsp3) is 0.176. The van der Waals surface area contributed by atoms with Crippen LogP contribution in [0.1, 0.15) is 6.92 Å². The lowest BCUT2D eigenvalue weighted by molar-refractivity contribution is -0.387. The van der Waals surface area contributed by atoms with E-state index in [2.05, 4.69) is 10.3 Å². The number of halogens is 1. The topological polar surface area (TPSA) is 94.4 Å². The van der Waals surface area contributed by atoms with E-state index in [1.165, 1.54) is 29.2 Å². The Hall–Kier alpha value is -2.72. The summed E-state index contributed by atoms with van der Waals surface area (Å²) in [6.07, 6.45) is 0. The van der Waals surface area contributed by atoms with E-state index in [4.69, 9.17) is 4.74 Å². The van der Waals surface area contributed by atoms with E-state index < -0.39 is 16.4 Å². The van der Waals surface area contributed by atoms with Gasteiger partial charge in [0.15, 0.2) is 4.34 Å². The van der Waals surface area contributed by atoms with Crippen LogP contribution in [-0.2, 0) is 4.79 Å². The number of nitro groups is 1. The molecule has 1 heterocycles. The Kier molecular flexibility index (Phi) is 5.87. The van der Waals surface area contributed by atoms with Gasteiger partial charge in [0.05, 0.1) is 27.5 Å². The molecule has 0 spiro atoms. The predicted octanol–water partition coefficient (Wildman–Crippen LogP) is 4.47. The van der Waals surface area contributed by atoms with Crippen LogP contribution >= 0.6 is 23.1 Å². The summed E-state index contributed by atoms with van der Waals surface area (Å²) < 4.78 is 20.5. The van der Waals surface area contributed by atoms with Gasteiger partial charge in [-0.25, -0.2) is 4.98 Å². The van der Waals surface area contributed by atoms with E-state index in [0.717, 1.165) is 32.4 Å². The van der Waals surface area contributed by atoms with Crippen LogP contribution < -0.4 is 10.1 Å². The number of nitrogens with one attached hydrogen (secondary N) is 1. The molecule has 3 rings (SSSR count). The number of nitrogens with zero attached hydrogens (tertiary/aromatic N) is 2. The molecule has 140 valence electrons. The van der Waals surface area contributed by atoms with Gasteiger partial charge in [-0.15, -0.1) is 11.3 Å². The first-order valence-electron chi connectivity index (χ1n) is 7.86. The van der Waals surface area contributed by atoms with Crippen LogP contribution in [0.4, 0.5) is 15.8 Å². The Bertz CT molecular complexity index is 1010. The van der Waals surface area contributed by atoms with Crippen molar-refractivity contribution in [1.29, 1.82) is 0 Å². The SMILES string of the molecule is CCOc1ccc2nc(SCC(=O)Nc3ccc(F)c([N+](=O)[O-])c3)sc2c1. The van der Waals surface area contributed by atoms with Crippen molar-refractivity contribution in [3.63, 3.8) is 0 Å². The predicted molar refractivity (Wildman–Crippen MR) is 103 cm³/mol. The number of benzene rings is 2. The van der Waals surface area contributed by atoms with E-state index in [1.54, 1.807) is 0 Å². The summed E-state index contributed by atoms with van der Waals surface area (Å²) in [5, 5.41) is 13.3. The van der Waals surface area contributed by atoms with Crippen molar-refractivity contribution in [2.45, 2.75) is 11.3 Å². The van der Waals surface area contributed by atoms with Gasteiger partial charge in [-0.2, -0.15) is 4.39 Å². The van der Waals surface area contributed by atoms with E-state index in [0.29, 0.717) is 6.61 Å². The number of carbonyl (C=O) groups excluding carboxylic acids is 1. The molecule has 1 N–H and O–H groups in total. The minimum atomic E-state index is -0.951. The zero-order valence-corrected chi connectivity index (χ0v) is 15.7. The summed E-state index contributed by atoms with van der Waals surface area (Å²) >= 11 is 2.70. The van der Waals surface area contributed by atoms with Crippen molar-refractivity contribution in [1.82, 2.24) is 4.98 Å². The molecular weight excluding hydrogens is 393 g/mol. The molecule has 0 bridgehead atoms. The molecule has 0 aliphatic rings. The number of carbonyl (C=O) groups is 1. The molecule has 0 saturated carbocycles. The molecule has 0 aliphatic heterocycles. The lowest BCUT2D eigenvalue weighted by Gasteiger charge is -2.04. The Balaban J connectivity index is 1.63. The summed E-state index contributed by atoms with van der Waals surface area (Å²) in [5.41, 5.74) is 0.302. The molecular formula is C17H14FN3O4S2. The van der Waals surface area contributed by atoms with Gasteiger partial charge in [0.25, 0.3) is 0 Å². The number of fused-ring (bicyclic) bond motifs is 1. The van der Waals surface area contributed by atoms with Crippen LogP contribution in [0.25, 0.3) is 10.2 Å². The molecule has 0 fully saturated rings. The fourth-order valence-corrected chi connectivity index (χ4v) is 4.15. The second-order valence-corrected chi connectivity index (χ2v) is 7.56. The third-order valence-electron chi connectivity index (χ3n) is 3.40. The Morgan fingerprint density at radius 2 is 2.19 bits per heavy atom. The second-order valence-electron chi connectivity index (χ2n) is 5.30.